The van der Waals surface area contributed by atoms with Crippen molar-refractivity contribution >= 4 is 24.3 Å². The lowest BCUT2D eigenvalue weighted by atomic mass is 9.91. The van der Waals surface area contributed by atoms with Crippen LogP contribution in [0.2, 0.25) is 0 Å². The highest BCUT2D eigenvalue weighted by Crippen LogP contribution is 2.36. The van der Waals surface area contributed by atoms with Crippen molar-refractivity contribution in [3.63, 3.8) is 0 Å². The predicted molar refractivity (Wildman–Crippen MR) is 98.5 cm³/mol. The summed E-state index contributed by atoms with van der Waals surface area (Å²) in [6.07, 6.45) is 6.01. The van der Waals surface area contributed by atoms with Crippen LogP contribution < -0.4 is 5.73 Å². The maximum atomic E-state index is 13.6. The van der Waals surface area contributed by atoms with Crippen LogP contribution in [-0.4, -0.2) is 64.8 Å². The molecule has 4 amide bonds. The zero-order chi connectivity index (χ0) is 20.7. The van der Waals surface area contributed by atoms with Gasteiger partial charge in [-0.3, -0.25) is 14.8 Å². The molecule has 1 saturated heterocycles. The molecular formula is C19H30N3O6+. The number of rotatable bonds is 9. The lowest BCUT2D eigenvalue weighted by Crippen LogP contribution is -2.66. The van der Waals surface area contributed by atoms with Crippen LogP contribution in [0.3, 0.4) is 0 Å². The monoisotopic (exact) mass is 396 g/mol. The summed E-state index contributed by atoms with van der Waals surface area (Å²) in [6, 6.07) is -1.01. The average Bonchev–Trinajstić information content (AvgIpc) is 3.34. The summed E-state index contributed by atoms with van der Waals surface area (Å²) >= 11 is 0. The van der Waals surface area contributed by atoms with Crippen LogP contribution in [0.15, 0.2) is 12.7 Å². The molecule has 2 rings (SSSR count). The highest BCUT2D eigenvalue weighted by Gasteiger charge is 2.60. The van der Waals surface area contributed by atoms with Crippen molar-refractivity contribution in [1.29, 1.82) is 0 Å². The lowest BCUT2D eigenvalue weighted by molar-refractivity contribution is -0.787. The van der Waals surface area contributed by atoms with Gasteiger partial charge in [-0.2, -0.15) is 4.79 Å². The Morgan fingerprint density at radius 1 is 1.25 bits per heavy atom. The largest absolute Gasteiger partial charge is 0.524 e. The molecule has 2 fully saturated rings. The Kier molecular flexibility index (Phi) is 7.70. The van der Waals surface area contributed by atoms with Gasteiger partial charge in [-0.25, -0.2) is 9.86 Å². The molecule has 0 radical (unpaired) electrons. The van der Waals surface area contributed by atoms with Crippen LogP contribution in [0, 0.1) is 11.8 Å². The number of quaternary nitrogens is 1. The molecule has 9 nitrogen and oxygen atoms in total. The van der Waals surface area contributed by atoms with E-state index in [2.05, 4.69) is 6.58 Å². The summed E-state index contributed by atoms with van der Waals surface area (Å²) in [7, 11) is 0. The molecule has 1 aliphatic carbocycles. The molecule has 0 spiro atoms. The molecule has 28 heavy (non-hydrogen) atoms. The first kappa shape index (κ1) is 22.0. The van der Waals surface area contributed by atoms with E-state index in [0.29, 0.717) is 24.3 Å². The molecule has 0 aromatic heterocycles. The molecule has 156 valence electrons. The highest BCUT2D eigenvalue weighted by atomic mass is 16.6. The molecule has 3 N–H and O–H groups in total. The summed E-state index contributed by atoms with van der Waals surface area (Å²) in [6.45, 7) is 3.27. The maximum absolute atomic E-state index is 13.6. The number of nitrogens with zero attached hydrogens (tertiary/aromatic N) is 2. The van der Waals surface area contributed by atoms with Gasteiger partial charge in [0.1, 0.15) is 6.61 Å². The van der Waals surface area contributed by atoms with Gasteiger partial charge in [0.05, 0.1) is 19.0 Å². The molecule has 1 heterocycles. The number of hydrogen-bond acceptors (Lipinski definition) is 6. The molecule has 2 aliphatic rings. The van der Waals surface area contributed by atoms with Gasteiger partial charge in [0.2, 0.25) is 6.41 Å². The summed E-state index contributed by atoms with van der Waals surface area (Å²) in [5.41, 5.74) is 5.52. The van der Waals surface area contributed by atoms with Gasteiger partial charge in [0.25, 0.3) is 5.91 Å². The van der Waals surface area contributed by atoms with Gasteiger partial charge < -0.3 is 10.5 Å². The smallest absolute Gasteiger partial charge is 0.415 e. The summed E-state index contributed by atoms with van der Waals surface area (Å²) in [5, 5.41) is 10.1. The molecule has 1 saturated carbocycles. The van der Waals surface area contributed by atoms with E-state index in [4.69, 9.17) is 10.5 Å². The van der Waals surface area contributed by atoms with Gasteiger partial charge in [-0.05, 0) is 12.3 Å². The predicted octanol–water partition coefficient (Wildman–Crippen LogP) is 1.34. The summed E-state index contributed by atoms with van der Waals surface area (Å²) < 4.78 is 4.36. The first-order chi connectivity index (χ1) is 13.4. The quantitative estimate of drug-likeness (QED) is 0.199. The van der Waals surface area contributed by atoms with E-state index in [1.165, 1.54) is 6.08 Å². The average molecular weight is 396 g/mol. The van der Waals surface area contributed by atoms with Crippen LogP contribution in [0.4, 0.5) is 4.79 Å². The fraction of sp³-hybridized carbons (Fsp3) is 0.684. The molecule has 9 heteroatoms. The van der Waals surface area contributed by atoms with Crippen molar-refractivity contribution in [2.75, 3.05) is 19.7 Å². The van der Waals surface area contributed by atoms with E-state index in [-0.39, 0.29) is 32.0 Å². The van der Waals surface area contributed by atoms with Crippen molar-refractivity contribution in [1.82, 2.24) is 5.06 Å². The van der Waals surface area contributed by atoms with E-state index >= 15 is 0 Å². The lowest BCUT2D eigenvalue weighted by Gasteiger charge is -2.35. The third kappa shape index (κ3) is 4.59. The van der Waals surface area contributed by atoms with Crippen LogP contribution >= 0.6 is 0 Å². The molecule has 1 unspecified atom stereocenters. The Bertz CT molecular complexity index is 619. The standard InChI is InChI=1S/C19H29N3O6/c1-2-10-28-19(26)22(9-5-8-16(22)17(20)24)18(25)15(12-21(27)13-23)11-14-6-3-4-7-14/h2,13-16,27H,1,3-12H2,(H-,20,24)/p+1/t15-,16+,22?/m1/s1. The third-order valence-electron chi connectivity index (χ3n) is 5.86. The second-order valence-electron chi connectivity index (χ2n) is 7.67. The highest BCUT2D eigenvalue weighted by molar-refractivity contribution is 5.89. The number of carbonyl (C=O) groups excluding carboxylic acids is 4. The Morgan fingerprint density at radius 3 is 2.50 bits per heavy atom. The van der Waals surface area contributed by atoms with Crippen molar-refractivity contribution in [2.45, 2.75) is 51.0 Å². The number of primary amides is 1. The fourth-order valence-electron chi connectivity index (χ4n) is 4.58. The number of ether oxygens (including phenoxy) is 1. The first-order valence-electron chi connectivity index (χ1n) is 9.77. The fourth-order valence-corrected chi connectivity index (χ4v) is 4.58. The van der Waals surface area contributed by atoms with E-state index in [1.54, 1.807) is 0 Å². The van der Waals surface area contributed by atoms with Gasteiger partial charge >= 0.3 is 12.0 Å². The zero-order valence-electron chi connectivity index (χ0n) is 16.1. The minimum atomic E-state index is -1.01. The number of hydrogen-bond donors (Lipinski definition) is 2. The molecule has 0 aromatic rings. The van der Waals surface area contributed by atoms with Gasteiger partial charge in [-0.1, -0.05) is 38.3 Å². The molecule has 1 aliphatic heterocycles. The van der Waals surface area contributed by atoms with Gasteiger partial charge in [0.15, 0.2) is 6.04 Å². The van der Waals surface area contributed by atoms with Crippen LogP contribution in [-0.2, 0) is 19.1 Å². The van der Waals surface area contributed by atoms with Crippen molar-refractivity contribution in [3.8, 4) is 0 Å². The number of nitrogens with two attached hydrogens (primary N) is 1. The van der Waals surface area contributed by atoms with Crippen LogP contribution in [0.25, 0.3) is 0 Å². The number of carbonyl (C=O) groups is 4. The molecule has 0 bridgehead atoms. The number of likely N-dealkylation sites (tertiary alicyclic amines) is 1. The Hall–Kier alpha value is -2.26. The van der Waals surface area contributed by atoms with Crippen molar-refractivity contribution < 1.29 is 33.6 Å². The normalized spacial score (nSPS) is 25.8. The second-order valence-corrected chi connectivity index (χ2v) is 7.67. The van der Waals surface area contributed by atoms with E-state index in [0.717, 1.165) is 25.7 Å². The third-order valence-corrected chi connectivity index (χ3v) is 5.86. The number of hydroxylamine groups is 2. The summed E-state index contributed by atoms with van der Waals surface area (Å²) in [4.78, 5) is 49.5. The molecule has 3 atom stereocenters. The summed E-state index contributed by atoms with van der Waals surface area (Å²) in [5.74, 6) is -1.79. The molecule has 0 aromatic carbocycles. The molecular weight excluding hydrogens is 366 g/mol. The van der Waals surface area contributed by atoms with Gasteiger partial charge in [0, 0.05) is 12.8 Å². The SMILES string of the molecule is C=CCOC(=O)[N+]1(C(=O)[C@H](CC2CCCC2)CN(O)C=O)CCC[C@H]1C(N)=O. The number of amides is 4. The first-order valence-corrected chi connectivity index (χ1v) is 9.77. The van der Waals surface area contributed by atoms with Crippen LogP contribution in [0.5, 0.6) is 0 Å². The second kappa shape index (κ2) is 9.79. The minimum absolute atomic E-state index is 0.0919. The number of imide groups is 1. The van der Waals surface area contributed by atoms with Crippen LogP contribution in [0.1, 0.15) is 44.9 Å². The van der Waals surface area contributed by atoms with Crippen molar-refractivity contribution in [2.24, 2.45) is 17.6 Å². The van der Waals surface area contributed by atoms with Crippen molar-refractivity contribution in [3.05, 3.63) is 12.7 Å². The topological polar surface area (TPSA) is 127 Å². The minimum Gasteiger partial charge on any atom is -0.415 e. The van der Waals surface area contributed by atoms with E-state index in [1.807, 2.05) is 0 Å². The van der Waals surface area contributed by atoms with Gasteiger partial charge in [-0.15, -0.1) is 4.48 Å². The maximum Gasteiger partial charge on any atom is 0.524 e. The zero-order valence-corrected chi connectivity index (χ0v) is 16.1. The Morgan fingerprint density at radius 2 is 1.93 bits per heavy atom. The van der Waals surface area contributed by atoms with E-state index < -0.39 is 34.4 Å². The Balaban J connectivity index is 2.37. The Labute approximate surface area is 164 Å². The van der Waals surface area contributed by atoms with E-state index in [9.17, 15) is 24.4 Å².